The minimum absolute atomic E-state index is 0. The van der Waals surface area contributed by atoms with Gasteiger partial charge in [0.2, 0.25) is 0 Å². The van der Waals surface area contributed by atoms with Gasteiger partial charge in [-0.25, -0.2) is 0 Å². The molecule has 48 valence electrons. The summed E-state index contributed by atoms with van der Waals surface area (Å²) in [6, 6.07) is 1.27. The normalized spacial score (nSPS) is 10.4. The van der Waals surface area contributed by atoms with E-state index in [4.69, 9.17) is 10.4 Å². The monoisotopic (exact) mass is 149 g/mol. The van der Waals surface area contributed by atoms with E-state index in [1.54, 1.807) is 0 Å². The molecule has 1 N–H and O–H groups in total. The van der Waals surface area contributed by atoms with Crippen LogP contribution in [0, 0.1) is 11.3 Å². The summed E-state index contributed by atoms with van der Waals surface area (Å²) in [5.74, 6) is -2.19. The molecular weight excluding hydrogens is 145 g/mol. The average molecular weight is 149 g/mol. The number of aliphatic hydroxyl groups is 1. The molecule has 0 bridgehead atoms. The van der Waals surface area contributed by atoms with Gasteiger partial charge in [-0.15, -0.1) is 0 Å². The Balaban J connectivity index is 0. The number of carbonyl (C=O) groups excluding carboxylic acids is 1. The molecule has 0 heterocycles. The number of carboxylic acid groups (broad SMARTS) is 1. The molecule has 0 aliphatic carbocycles. The van der Waals surface area contributed by atoms with Crippen LogP contribution in [0.2, 0.25) is 0 Å². The average Bonchev–Trinajstić information content (AvgIpc) is 1.64. The SMILES string of the molecule is CC(O)=C(C#N)C(=O)[O-].[Na+]. The van der Waals surface area contributed by atoms with Crippen LogP contribution in [-0.2, 0) is 4.79 Å². The van der Waals surface area contributed by atoms with Crippen LogP contribution in [0.4, 0.5) is 0 Å². The number of nitriles is 1. The molecule has 0 aromatic rings. The molecule has 0 aliphatic heterocycles. The van der Waals surface area contributed by atoms with Crippen molar-refractivity contribution in [2.45, 2.75) is 6.92 Å². The van der Waals surface area contributed by atoms with Crippen LogP contribution in [0.3, 0.4) is 0 Å². The van der Waals surface area contributed by atoms with Gasteiger partial charge in [0.25, 0.3) is 0 Å². The molecule has 4 nitrogen and oxygen atoms in total. The van der Waals surface area contributed by atoms with Gasteiger partial charge in [-0.3, -0.25) is 0 Å². The zero-order chi connectivity index (χ0) is 7.44. The van der Waals surface area contributed by atoms with E-state index in [-0.39, 0.29) is 29.6 Å². The topological polar surface area (TPSA) is 84.1 Å². The molecule has 0 spiro atoms. The molecule has 0 aliphatic rings. The first-order chi connectivity index (χ1) is 4.09. The van der Waals surface area contributed by atoms with E-state index in [2.05, 4.69) is 0 Å². The van der Waals surface area contributed by atoms with E-state index >= 15 is 0 Å². The number of carbonyl (C=O) groups is 1. The third-order valence-electron chi connectivity index (χ3n) is 0.678. The number of rotatable bonds is 1. The largest absolute Gasteiger partial charge is 1.00 e. The fourth-order valence-electron chi connectivity index (χ4n) is 0.274. The minimum Gasteiger partial charge on any atom is -0.544 e. The van der Waals surface area contributed by atoms with E-state index in [9.17, 15) is 9.90 Å². The van der Waals surface area contributed by atoms with Gasteiger partial charge >= 0.3 is 29.6 Å². The van der Waals surface area contributed by atoms with Gasteiger partial charge in [0.15, 0.2) is 0 Å². The van der Waals surface area contributed by atoms with E-state index < -0.39 is 17.3 Å². The molecule has 0 amide bonds. The van der Waals surface area contributed by atoms with Crippen LogP contribution >= 0.6 is 0 Å². The summed E-state index contributed by atoms with van der Waals surface area (Å²) < 4.78 is 0. The molecule has 0 radical (unpaired) electrons. The van der Waals surface area contributed by atoms with Crippen molar-refractivity contribution < 1.29 is 44.6 Å². The van der Waals surface area contributed by atoms with Crippen molar-refractivity contribution in [2.75, 3.05) is 0 Å². The third kappa shape index (κ3) is 3.51. The van der Waals surface area contributed by atoms with Crippen LogP contribution < -0.4 is 34.7 Å². The molecule has 5 heteroatoms. The van der Waals surface area contributed by atoms with Gasteiger partial charge < -0.3 is 15.0 Å². The Labute approximate surface area is 80.1 Å². The van der Waals surface area contributed by atoms with Crippen molar-refractivity contribution in [3.8, 4) is 6.07 Å². The Hall–Kier alpha value is -0.500. The maximum absolute atomic E-state index is 9.82. The summed E-state index contributed by atoms with van der Waals surface area (Å²) in [4.78, 5) is 9.82. The van der Waals surface area contributed by atoms with Crippen molar-refractivity contribution in [3.63, 3.8) is 0 Å². The van der Waals surface area contributed by atoms with Crippen LogP contribution in [0.1, 0.15) is 6.92 Å². The Morgan fingerprint density at radius 2 is 2.10 bits per heavy atom. The quantitative estimate of drug-likeness (QED) is 0.179. The first kappa shape index (κ1) is 12.2. The number of aliphatic hydroxyl groups excluding tert-OH is 1. The molecule has 0 aromatic carbocycles. The number of carboxylic acids is 1. The number of aliphatic carboxylic acids is 1. The predicted octanol–water partition coefficient (Wildman–Crippen LogP) is -3.90. The van der Waals surface area contributed by atoms with E-state index in [0.717, 1.165) is 6.92 Å². The smallest absolute Gasteiger partial charge is 0.544 e. The van der Waals surface area contributed by atoms with Gasteiger partial charge in [-0.1, -0.05) is 0 Å². The standard InChI is InChI=1S/C5H5NO3.Na/c1-3(7)4(2-6)5(8)9;/h7H,1H3,(H,8,9);/q;+1/p-1. The van der Waals surface area contributed by atoms with Crippen molar-refractivity contribution in [3.05, 3.63) is 11.3 Å². The molecule has 0 unspecified atom stereocenters. The van der Waals surface area contributed by atoms with Crippen LogP contribution in [0.5, 0.6) is 0 Å². The summed E-state index contributed by atoms with van der Waals surface area (Å²) >= 11 is 0. The minimum atomic E-state index is -1.66. The van der Waals surface area contributed by atoms with Crippen molar-refractivity contribution in [2.24, 2.45) is 0 Å². The Kier molecular flexibility index (Phi) is 6.46. The van der Waals surface area contributed by atoms with Crippen LogP contribution in [-0.4, -0.2) is 11.1 Å². The number of hydrogen-bond acceptors (Lipinski definition) is 4. The molecular formula is C5H4NNaO3. The van der Waals surface area contributed by atoms with Gasteiger partial charge in [0.1, 0.15) is 17.4 Å². The number of allylic oxidation sites excluding steroid dienone is 1. The molecule has 0 fully saturated rings. The van der Waals surface area contributed by atoms with Crippen molar-refractivity contribution >= 4 is 5.97 Å². The molecule has 0 atom stereocenters. The summed E-state index contributed by atoms with van der Waals surface area (Å²) in [5, 5.41) is 26.2. The second-order valence-corrected chi connectivity index (χ2v) is 1.36. The second-order valence-electron chi connectivity index (χ2n) is 1.36. The molecule has 0 saturated carbocycles. The van der Waals surface area contributed by atoms with Gasteiger partial charge in [0, 0.05) is 0 Å². The molecule has 0 aromatic heterocycles. The van der Waals surface area contributed by atoms with E-state index in [1.807, 2.05) is 0 Å². The second kappa shape index (κ2) is 5.30. The van der Waals surface area contributed by atoms with Gasteiger partial charge in [-0.2, -0.15) is 5.26 Å². The van der Waals surface area contributed by atoms with Crippen molar-refractivity contribution in [1.29, 1.82) is 5.26 Å². The Bertz CT molecular complexity index is 199. The fourth-order valence-corrected chi connectivity index (χ4v) is 0.274. The van der Waals surface area contributed by atoms with E-state index in [1.165, 1.54) is 6.07 Å². The third-order valence-corrected chi connectivity index (χ3v) is 0.678. The van der Waals surface area contributed by atoms with Crippen molar-refractivity contribution in [1.82, 2.24) is 0 Å². The maximum atomic E-state index is 9.82. The van der Waals surface area contributed by atoms with Gasteiger partial charge in [0.05, 0.1) is 5.97 Å². The molecule has 0 rings (SSSR count). The number of hydrogen-bond donors (Lipinski definition) is 1. The molecule has 0 saturated heterocycles. The first-order valence-electron chi connectivity index (χ1n) is 2.11. The van der Waals surface area contributed by atoms with Crippen LogP contribution in [0.15, 0.2) is 11.3 Å². The molecule has 10 heavy (non-hydrogen) atoms. The maximum Gasteiger partial charge on any atom is 1.00 e. The van der Waals surface area contributed by atoms with Gasteiger partial charge in [-0.05, 0) is 6.92 Å². The van der Waals surface area contributed by atoms with Crippen LogP contribution in [0.25, 0.3) is 0 Å². The zero-order valence-electron chi connectivity index (χ0n) is 5.71. The Morgan fingerprint density at radius 3 is 2.10 bits per heavy atom. The predicted molar refractivity (Wildman–Crippen MR) is 25.9 cm³/mol. The zero-order valence-corrected chi connectivity index (χ0v) is 7.71. The summed E-state index contributed by atoms with van der Waals surface area (Å²) in [6.45, 7) is 1.11. The number of nitrogens with zero attached hydrogens (tertiary/aromatic N) is 1. The summed E-state index contributed by atoms with van der Waals surface area (Å²) in [6.07, 6.45) is 0. The van der Waals surface area contributed by atoms with E-state index in [0.29, 0.717) is 0 Å². The first-order valence-corrected chi connectivity index (χ1v) is 2.11. The fraction of sp³-hybridized carbons (Fsp3) is 0.200. The summed E-state index contributed by atoms with van der Waals surface area (Å²) in [5.41, 5.74) is -0.727. The Morgan fingerprint density at radius 1 is 1.70 bits per heavy atom. The summed E-state index contributed by atoms with van der Waals surface area (Å²) in [7, 11) is 0.